The molecular weight excluding hydrogens is 232 g/mol. The molecule has 0 radical (unpaired) electrons. The lowest BCUT2D eigenvalue weighted by Gasteiger charge is -2.20. The van der Waals surface area contributed by atoms with E-state index in [2.05, 4.69) is 60.7 Å². The van der Waals surface area contributed by atoms with Crippen molar-refractivity contribution in [2.24, 2.45) is 0 Å². The molecule has 2 aromatic carbocycles. The van der Waals surface area contributed by atoms with Gasteiger partial charge in [0.05, 0.1) is 13.2 Å². The van der Waals surface area contributed by atoms with Gasteiger partial charge in [0.25, 0.3) is 0 Å². The van der Waals surface area contributed by atoms with Gasteiger partial charge in [-0.2, -0.15) is 0 Å². The Morgan fingerprint density at radius 1 is 0.684 bits per heavy atom. The maximum absolute atomic E-state index is 5.49. The van der Waals surface area contributed by atoms with E-state index >= 15 is 0 Å². The summed E-state index contributed by atoms with van der Waals surface area (Å²) in [4.78, 5) is 0. The normalized spacial score (nSPS) is 15.3. The molecule has 0 bridgehead atoms. The van der Waals surface area contributed by atoms with Crippen LogP contribution in [0.3, 0.4) is 0 Å². The van der Waals surface area contributed by atoms with E-state index in [4.69, 9.17) is 4.74 Å². The maximum atomic E-state index is 5.49. The molecule has 19 heavy (non-hydrogen) atoms. The van der Waals surface area contributed by atoms with E-state index in [1.807, 2.05) is 0 Å². The van der Waals surface area contributed by atoms with Gasteiger partial charge in [-0.1, -0.05) is 66.2 Å². The van der Waals surface area contributed by atoms with Gasteiger partial charge in [0.2, 0.25) is 0 Å². The summed E-state index contributed by atoms with van der Waals surface area (Å²) in [5, 5.41) is 0. The van der Waals surface area contributed by atoms with Crippen LogP contribution in [-0.4, -0.2) is 13.2 Å². The molecular formula is C18H18O. The molecule has 1 aliphatic heterocycles. The van der Waals surface area contributed by atoms with Gasteiger partial charge in [-0.3, -0.25) is 0 Å². The zero-order valence-corrected chi connectivity index (χ0v) is 11.0. The molecule has 0 aliphatic carbocycles. The van der Waals surface area contributed by atoms with Gasteiger partial charge in [0.15, 0.2) is 0 Å². The van der Waals surface area contributed by atoms with Gasteiger partial charge in [-0.05, 0) is 29.5 Å². The first kappa shape index (κ1) is 12.2. The predicted octanol–water partition coefficient (Wildman–Crippen LogP) is 4.30. The summed E-state index contributed by atoms with van der Waals surface area (Å²) in [5.74, 6) is 0. The van der Waals surface area contributed by atoms with Crippen molar-refractivity contribution < 1.29 is 4.74 Å². The Labute approximate surface area is 114 Å². The Bertz CT molecular complexity index is 505. The molecule has 1 fully saturated rings. The smallest absolute Gasteiger partial charge is 0.0503 e. The highest BCUT2D eigenvalue weighted by Crippen LogP contribution is 2.31. The minimum absolute atomic E-state index is 0.846. The third-order valence-corrected chi connectivity index (χ3v) is 3.57. The van der Waals surface area contributed by atoms with Crippen LogP contribution >= 0.6 is 0 Å². The second-order valence-corrected chi connectivity index (χ2v) is 4.82. The molecule has 2 aromatic rings. The fourth-order valence-electron chi connectivity index (χ4n) is 2.65. The molecule has 0 amide bonds. The van der Waals surface area contributed by atoms with Crippen molar-refractivity contribution >= 4 is 5.57 Å². The summed E-state index contributed by atoms with van der Waals surface area (Å²) >= 11 is 0. The van der Waals surface area contributed by atoms with E-state index in [9.17, 15) is 0 Å². The zero-order chi connectivity index (χ0) is 12.9. The largest absolute Gasteiger partial charge is 0.381 e. The summed E-state index contributed by atoms with van der Waals surface area (Å²) in [6.07, 6.45) is 2.08. The Hall–Kier alpha value is -1.86. The fraction of sp³-hybridized carbons (Fsp3) is 0.222. The van der Waals surface area contributed by atoms with Crippen LogP contribution in [0.15, 0.2) is 66.2 Å². The number of hydrogen-bond donors (Lipinski definition) is 0. The van der Waals surface area contributed by atoms with E-state index in [1.165, 1.54) is 22.3 Å². The first-order valence-corrected chi connectivity index (χ1v) is 6.86. The number of rotatable bonds is 2. The van der Waals surface area contributed by atoms with Crippen LogP contribution in [0.5, 0.6) is 0 Å². The maximum Gasteiger partial charge on any atom is 0.0503 e. The zero-order valence-electron chi connectivity index (χ0n) is 11.0. The molecule has 0 saturated carbocycles. The highest BCUT2D eigenvalue weighted by atomic mass is 16.5. The van der Waals surface area contributed by atoms with Gasteiger partial charge < -0.3 is 4.74 Å². The topological polar surface area (TPSA) is 9.23 Å². The Balaban J connectivity index is 2.11. The number of ether oxygens (including phenoxy) is 1. The summed E-state index contributed by atoms with van der Waals surface area (Å²) in [7, 11) is 0. The summed E-state index contributed by atoms with van der Waals surface area (Å²) < 4.78 is 5.49. The SMILES string of the molecule is c1ccc(C(=C2CCOCC2)c2ccccc2)cc1. The molecule has 1 heterocycles. The lowest BCUT2D eigenvalue weighted by Crippen LogP contribution is -2.09. The van der Waals surface area contributed by atoms with Gasteiger partial charge in [0.1, 0.15) is 0 Å². The van der Waals surface area contributed by atoms with Gasteiger partial charge in [-0.25, -0.2) is 0 Å². The molecule has 3 rings (SSSR count). The minimum Gasteiger partial charge on any atom is -0.381 e. The molecule has 0 N–H and O–H groups in total. The van der Waals surface area contributed by atoms with E-state index in [1.54, 1.807) is 0 Å². The van der Waals surface area contributed by atoms with E-state index < -0.39 is 0 Å². The van der Waals surface area contributed by atoms with Crippen molar-refractivity contribution in [2.75, 3.05) is 13.2 Å². The minimum atomic E-state index is 0.846. The van der Waals surface area contributed by atoms with Crippen molar-refractivity contribution in [3.05, 3.63) is 77.4 Å². The Kier molecular flexibility index (Phi) is 3.75. The van der Waals surface area contributed by atoms with Crippen LogP contribution in [0.2, 0.25) is 0 Å². The van der Waals surface area contributed by atoms with Crippen LogP contribution in [-0.2, 0) is 4.74 Å². The van der Waals surface area contributed by atoms with Crippen molar-refractivity contribution in [2.45, 2.75) is 12.8 Å². The summed E-state index contributed by atoms with van der Waals surface area (Å²) in [5.41, 5.74) is 5.53. The van der Waals surface area contributed by atoms with Crippen molar-refractivity contribution in [1.29, 1.82) is 0 Å². The average Bonchev–Trinajstić information content (AvgIpc) is 2.51. The standard InChI is InChI=1S/C18H18O/c1-3-7-15(8-4-1)18(16-9-5-2-6-10-16)17-11-13-19-14-12-17/h1-10H,11-14H2. The molecule has 1 saturated heterocycles. The lowest BCUT2D eigenvalue weighted by molar-refractivity contribution is 0.119. The lowest BCUT2D eigenvalue weighted by atomic mass is 9.90. The van der Waals surface area contributed by atoms with E-state index in [0.29, 0.717) is 0 Å². The molecule has 0 atom stereocenters. The molecule has 1 aliphatic rings. The molecule has 0 unspecified atom stereocenters. The van der Waals surface area contributed by atoms with Gasteiger partial charge in [0, 0.05) is 0 Å². The third kappa shape index (κ3) is 2.77. The Morgan fingerprint density at radius 2 is 1.16 bits per heavy atom. The highest BCUT2D eigenvalue weighted by molar-refractivity contribution is 5.82. The van der Waals surface area contributed by atoms with Crippen LogP contribution in [0.1, 0.15) is 24.0 Å². The third-order valence-electron chi connectivity index (χ3n) is 3.57. The van der Waals surface area contributed by atoms with Crippen LogP contribution in [0, 0.1) is 0 Å². The summed E-state index contributed by atoms with van der Waals surface area (Å²) in [6.45, 7) is 1.69. The molecule has 96 valence electrons. The molecule has 0 spiro atoms. The second-order valence-electron chi connectivity index (χ2n) is 4.82. The van der Waals surface area contributed by atoms with Crippen LogP contribution in [0.4, 0.5) is 0 Å². The summed E-state index contributed by atoms with van der Waals surface area (Å²) in [6, 6.07) is 21.4. The van der Waals surface area contributed by atoms with Gasteiger partial charge >= 0.3 is 0 Å². The van der Waals surface area contributed by atoms with Crippen LogP contribution < -0.4 is 0 Å². The quantitative estimate of drug-likeness (QED) is 0.772. The molecule has 1 heteroatoms. The number of hydrogen-bond acceptors (Lipinski definition) is 1. The fourth-order valence-corrected chi connectivity index (χ4v) is 2.65. The van der Waals surface area contributed by atoms with Crippen molar-refractivity contribution in [3.8, 4) is 0 Å². The predicted molar refractivity (Wildman–Crippen MR) is 79.0 cm³/mol. The molecule has 0 aromatic heterocycles. The van der Waals surface area contributed by atoms with E-state index in [-0.39, 0.29) is 0 Å². The first-order chi connectivity index (χ1) is 9.45. The average molecular weight is 250 g/mol. The van der Waals surface area contributed by atoms with Gasteiger partial charge in [-0.15, -0.1) is 0 Å². The Morgan fingerprint density at radius 3 is 1.63 bits per heavy atom. The monoisotopic (exact) mass is 250 g/mol. The van der Waals surface area contributed by atoms with E-state index in [0.717, 1.165) is 26.1 Å². The second kappa shape index (κ2) is 5.85. The van der Waals surface area contributed by atoms with Crippen molar-refractivity contribution in [1.82, 2.24) is 0 Å². The first-order valence-electron chi connectivity index (χ1n) is 6.86. The molecule has 1 nitrogen and oxygen atoms in total. The van der Waals surface area contributed by atoms with Crippen LogP contribution in [0.25, 0.3) is 5.57 Å². The number of benzene rings is 2. The highest BCUT2D eigenvalue weighted by Gasteiger charge is 2.14. The van der Waals surface area contributed by atoms with Crippen molar-refractivity contribution in [3.63, 3.8) is 0 Å².